The molecule has 0 radical (unpaired) electrons. The highest BCUT2D eigenvalue weighted by Gasteiger charge is 2.36. The van der Waals surface area contributed by atoms with Gasteiger partial charge in [-0.15, -0.1) is 0 Å². The minimum Gasteiger partial charge on any atom is -0.493 e. The van der Waals surface area contributed by atoms with Gasteiger partial charge in [0.05, 0.1) is 18.1 Å². The van der Waals surface area contributed by atoms with Gasteiger partial charge in [-0.25, -0.2) is 8.42 Å². The van der Waals surface area contributed by atoms with Crippen molar-refractivity contribution < 1.29 is 13.2 Å². The number of anilines is 1. The molecular formula is C26H33NO3S. The highest BCUT2D eigenvalue weighted by atomic mass is 32.2. The molecule has 0 N–H and O–H groups in total. The van der Waals surface area contributed by atoms with Crippen LogP contribution in [-0.2, 0) is 16.3 Å². The molecule has 2 aromatic rings. The first-order valence-electron chi connectivity index (χ1n) is 11.8. The van der Waals surface area contributed by atoms with Crippen molar-refractivity contribution >= 4 is 15.5 Å². The highest BCUT2D eigenvalue weighted by molar-refractivity contribution is 7.91. The number of hydrogen-bond donors (Lipinski definition) is 0. The summed E-state index contributed by atoms with van der Waals surface area (Å²) in [5.74, 6) is 3.43. The maximum Gasteiger partial charge on any atom is 0.150 e. The molecule has 5 rings (SSSR count). The number of fused-ring (bicyclic) bond motifs is 1. The van der Waals surface area contributed by atoms with E-state index in [1.807, 2.05) is 0 Å². The third-order valence-electron chi connectivity index (χ3n) is 7.24. The molecule has 166 valence electrons. The molecule has 2 unspecified atom stereocenters. The molecule has 4 nitrogen and oxygen atoms in total. The van der Waals surface area contributed by atoms with Crippen LogP contribution in [0.3, 0.4) is 0 Å². The molecule has 2 fully saturated rings. The number of hydrogen-bond acceptors (Lipinski definition) is 4. The van der Waals surface area contributed by atoms with Gasteiger partial charge in [0.15, 0.2) is 9.84 Å². The van der Waals surface area contributed by atoms with E-state index in [0.717, 1.165) is 51.1 Å². The molecule has 0 amide bonds. The van der Waals surface area contributed by atoms with Crippen molar-refractivity contribution in [1.82, 2.24) is 0 Å². The van der Waals surface area contributed by atoms with Crippen molar-refractivity contribution in [2.45, 2.75) is 38.5 Å². The van der Waals surface area contributed by atoms with Gasteiger partial charge >= 0.3 is 0 Å². The second-order valence-electron chi connectivity index (χ2n) is 9.79. The van der Waals surface area contributed by atoms with E-state index in [1.165, 1.54) is 16.8 Å². The van der Waals surface area contributed by atoms with Gasteiger partial charge < -0.3 is 9.64 Å². The normalized spacial score (nSPS) is 23.7. The van der Waals surface area contributed by atoms with Crippen LogP contribution in [0.5, 0.6) is 5.75 Å². The zero-order valence-electron chi connectivity index (χ0n) is 18.4. The second kappa shape index (κ2) is 8.50. The van der Waals surface area contributed by atoms with Gasteiger partial charge in [0.1, 0.15) is 5.75 Å². The Morgan fingerprint density at radius 1 is 1.00 bits per heavy atom. The van der Waals surface area contributed by atoms with Crippen molar-refractivity contribution in [1.29, 1.82) is 0 Å². The molecule has 3 aliphatic rings. The van der Waals surface area contributed by atoms with E-state index < -0.39 is 9.84 Å². The van der Waals surface area contributed by atoms with Gasteiger partial charge in [0, 0.05) is 30.6 Å². The predicted octanol–water partition coefficient (Wildman–Crippen LogP) is 4.69. The summed E-state index contributed by atoms with van der Waals surface area (Å²) >= 11 is 0. The monoisotopic (exact) mass is 439 g/mol. The SMILES string of the molecule is CCC1COc2ccc(N3CC(CS(=O)(=O)CC4CC4)C3)cc2C1Cc1ccccc1. The van der Waals surface area contributed by atoms with Gasteiger partial charge in [-0.1, -0.05) is 37.3 Å². The lowest BCUT2D eigenvalue weighted by molar-refractivity contribution is 0.188. The average molecular weight is 440 g/mol. The molecule has 1 saturated carbocycles. The summed E-state index contributed by atoms with van der Waals surface area (Å²) in [5.41, 5.74) is 3.88. The number of benzene rings is 2. The highest BCUT2D eigenvalue weighted by Crippen LogP contribution is 2.43. The minimum absolute atomic E-state index is 0.263. The second-order valence-corrected chi connectivity index (χ2v) is 11.9. The zero-order valence-corrected chi connectivity index (χ0v) is 19.2. The molecule has 0 spiro atoms. The van der Waals surface area contributed by atoms with E-state index in [2.05, 4.69) is 60.4 Å². The van der Waals surface area contributed by atoms with Crippen molar-refractivity contribution in [3.8, 4) is 5.75 Å². The van der Waals surface area contributed by atoms with Crippen LogP contribution in [0, 0.1) is 17.8 Å². The first-order valence-corrected chi connectivity index (χ1v) is 13.6. The Morgan fingerprint density at radius 3 is 2.45 bits per heavy atom. The standard InChI is InChI=1S/C26H33NO3S/c1-2-22-16-30-26-11-10-23(13-25(26)24(22)12-19-6-4-3-5-7-19)27-14-21(15-27)18-31(28,29)17-20-8-9-20/h3-7,10-11,13,20-22,24H,2,8-9,12,14-18H2,1H3. The zero-order chi connectivity index (χ0) is 21.4. The van der Waals surface area contributed by atoms with E-state index in [4.69, 9.17) is 4.74 Å². The molecule has 2 heterocycles. The number of ether oxygens (including phenoxy) is 1. The molecule has 31 heavy (non-hydrogen) atoms. The van der Waals surface area contributed by atoms with Crippen LogP contribution in [-0.4, -0.2) is 39.6 Å². The maximum atomic E-state index is 12.4. The topological polar surface area (TPSA) is 46.6 Å². The number of rotatable bonds is 8. The van der Waals surface area contributed by atoms with Gasteiger partial charge in [-0.3, -0.25) is 0 Å². The molecule has 2 aromatic carbocycles. The first-order chi connectivity index (χ1) is 15.0. The van der Waals surface area contributed by atoms with Gasteiger partial charge in [0.25, 0.3) is 0 Å². The third-order valence-corrected chi connectivity index (χ3v) is 9.19. The fraction of sp³-hybridized carbons (Fsp3) is 0.538. The molecule has 1 aliphatic carbocycles. The Labute approximate surface area is 186 Å². The van der Waals surface area contributed by atoms with Gasteiger partial charge in [-0.2, -0.15) is 0 Å². The summed E-state index contributed by atoms with van der Waals surface area (Å²) in [4.78, 5) is 2.33. The van der Waals surface area contributed by atoms with Gasteiger partial charge in [0.2, 0.25) is 0 Å². The van der Waals surface area contributed by atoms with Crippen LogP contribution >= 0.6 is 0 Å². The maximum absolute atomic E-state index is 12.4. The lowest BCUT2D eigenvalue weighted by Gasteiger charge is -2.42. The molecule has 0 bridgehead atoms. The van der Waals surface area contributed by atoms with E-state index >= 15 is 0 Å². The number of nitrogens with zero attached hydrogens (tertiary/aromatic N) is 1. The summed E-state index contributed by atoms with van der Waals surface area (Å²) in [6.07, 6.45) is 4.32. The van der Waals surface area contributed by atoms with E-state index in [9.17, 15) is 8.42 Å². The van der Waals surface area contributed by atoms with E-state index in [0.29, 0.717) is 29.3 Å². The summed E-state index contributed by atoms with van der Waals surface area (Å²) in [7, 11) is -2.90. The quantitative estimate of drug-likeness (QED) is 0.599. The van der Waals surface area contributed by atoms with Crippen molar-refractivity contribution in [3.63, 3.8) is 0 Å². The fourth-order valence-electron chi connectivity index (χ4n) is 5.22. The summed E-state index contributed by atoms with van der Waals surface area (Å²) in [6, 6.07) is 17.3. The molecule has 1 saturated heterocycles. The first kappa shape index (κ1) is 20.9. The summed E-state index contributed by atoms with van der Waals surface area (Å²) in [5, 5.41) is 0. The Balaban J connectivity index is 1.29. The van der Waals surface area contributed by atoms with Crippen LogP contribution < -0.4 is 9.64 Å². The molecule has 0 aromatic heterocycles. The third kappa shape index (κ3) is 4.77. The van der Waals surface area contributed by atoms with Crippen LogP contribution in [0.1, 0.15) is 43.2 Å². The summed E-state index contributed by atoms with van der Waals surface area (Å²) in [6.45, 7) is 4.71. The predicted molar refractivity (Wildman–Crippen MR) is 126 cm³/mol. The largest absolute Gasteiger partial charge is 0.493 e. The van der Waals surface area contributed by atoms with Crippen LogP contribution in [0.25, 0.3) is 0 Å². The Bertz CT molecular complexity index is 1010. The Kier molecular flexibility index (Phi) is 5.72. The molecule has 2 aliphatic heterocycles. The Hall–Kier alpha value is -2.01. The van der Waals surface area contributed by atoms with E-state index in [-0.39, 0.29) is 5.92 Å². The molecule has 5 heteroatoms. The lowest BCUT2D eigenvalue weighted by Crippen LogP contribution is -2.50. The molecule has 2 atom stereocenters. The smallest absolute Gasteiger partial charge is 0.150 e. The van der Waals surface area contributed by atoms with Crippen molar-refractivity contribution in [3.05, 3.63) is 59.7 Å². The van der Waals surface area contributed by atoms with Crippen molar-refractivity contribution in [2.24, 2.45) is 17.8 Å². The minimum atomic E-state index is -2.90. The van der Waals surface area contributed by atoms with Crippen LogP contribution in [0.2, 0.25) is 0 Å². The van der Waals surface area contributed by atoms with Crippen LogP contribution in [0.4, 0.5) is 5.69 Å². The Morgan fingerprint density at radius 2 is 1.74 bits per heavy atom. The van der Waals surface area contributed by atoms with E-state index in [1.54, 1.807) is 0 Å². The van der Waals surface area contributed by atoms with Crippen LogP contribution in [0.15, 0.2) is 48.5 Å². The fourth-order valence-corrected chi connectivity index (χ4v) is 7.34. The number of sulfone groups is 1. The lowest BCUT2D eigenvalue weighted by atomic mass is 9.78. The van der Waals surface area contributed by atoms with Crippen molar-refractivity contribution in [2.75, 3.05) is 36.1 Å². The summed E-state index contributed by atoms with van der Waals surface area (Å²) < 4.78 is 30.9. The average Bonchev–Trinajstić information content (AvgIpc) is 3.54. The van der Waals surface area contributed by atoms with Gasteiger partial charge in [-0.05, 0) is 66.8 Å². The molecular weight excluding hydrogens is 406 g/mol.